The van der Waals surface area contributed by atoms with Gasteiger partial charge in [-0.1, -0.05) is 45.4 Å². The first-order valence-electron chi connectivity index (χ1n) is 8.74. The summed E-state index contributed by atoms with van der Waals surface area (Å²) in [6.07, 6.45) is 13.1. The average Bonchev–Trinajstić information content (AvgIpc) is 2.45. The summed E-state index contributed by atoms with van der Waals surface area (Å²) in [7, 11) is 0. The van der Waals surface area contributed by atoms with Crippen molar-refractivity contribution < 1.29 is 4.79 Å². The molecular formula is C17H32N2O. The Kier molecular flexibility index (Phi) is 6.85. The Morgan fingerprint density at radius 1 is 1.05 bits per heavy atom. The summed E-state index contributed by atoms with van der Waals surface area (Å²) in [6, 6.07) is 0.442. The van der Waals surface area contributed by atoms with Gasteiger partial charge >= 0.3 is 0 Å². The second-order valence-corrected chi connectivity index (χ2v) is 7.01. The maximum absolute atomic E-state index is 11.8. The summed E-state index contributed by atoms with van der Waals surface area (Å²) in [5.41, 5.74) is 0. The molecule has 0 saturated heterocycles. The Hall–Kier alpha value is -0.570. The quantitative estimate of drug-likeness (QED) is 0.733. The average molecular weight is 280 g/mol. The van der Waals surface area contributed by atoms with Gasteiger partial charge in [-0.05, 0) is 44.1 Å². The van der Waals surface area contributed by atoms with Crippen LogP contribution in [0.2, 0.25) is 0 Å². The fourth-order valence-electron chi connectivity index (χ4n) is 3.86. The van der Waals surface area contributed by atoms with E-state index < -0.39 is 0 Å². The van der Waals surface area contributed by atoms with E-state index in [9.17, 15) is 4.79 Å². The Bertz CT molecular complexity index is 287. The molecule has 2 unspecified atom stereocenters. The molecule has 0 bridgehead atoms. The molecule has 0 heterocycles. The van der Waals surface area contributed by atoms with Gasteiger partial charge in [-0.15, -0.1) is 0 Å². The number of amides is 1. The van der Waals surface area contributed by atoms with E-state index in [1.54, 1.807) is 0 Å². The summed E-state index contributed by atoms with van der Waals surface area (Å²) in [5, 5.41) is 6.49. The van der Waals surface area contributed by atoms with E-state index in [0.29, 0.717) is 12.6 Å². The zero-order chi connectivity index (χ0) is 14.2. The molecule has 3 heteroatoms. The molecule has 2 aliphatic rings. The fourth-order valence-corrected chi connectivity index (χ4v) is 3.86. The highest BCUT2D eigenvalue weighted by atomic mass is 16.1. The number of carbonyl (C=O) groups excluding carboxylic acids is 1. The Labute approximate surface area is 124 Å². The van der Waals surface area contributed by atoms with Crippen molar-refractivity contribution in [1.29, 1.82) is 0 Å². The minimum absolute atomic E-state index is 0.189. The van der Waals surface area contributed by atoms with Gasteiger partial charge in [0.05, 0.1) is 6.54 Å². The van der Waals surface area contributed by atoms with Crippen LogP contribution in [-0.2, 0) is 4.79 Å². The molecule has 116 valence electrons. The van der Waals surface area contributed by atoms with E-state index in [1.165, 1.54) is 64.2 Å². The lowest BCUT2D eigenvalue weighted by atomic mass is 9.81. The van der Waals surface area contributed by atoms with Crippen molar-refractivity contribution in [1.82, 2.24) is 10.6 Å². The van der Waals surface area contributed by atoms with E-state index in [4.69, 9.17) is 0 Å². The summed E-state index contributed by atoms with van der Waals surface area (Å²) in [6.45, 7) is 3.87. The van der Waals surface area contributed by atoms with Crippen LogP contribution >= 0.6 is 0 Å². The molecule has 2 rings (SSSR count). The highest BCUT2D eigenvalue weighted by Crippen LogP contribution is 2.30. The van der Waals surface area contributed by atoms with Gasteiger partial charge in [0.25, 0.3) is 0 Å². The van der Waals surface area contributed by atoms with E-state index in [2.05, 4.69) is 17.6 Å². The minimum atomic E-state index is 0.189. The lowest BCUT2D eigenvalue weighted by molar-refractivity contribution is -0.121. The molecule has 2 saturated carbocycles. The van der Waals surface area contributed by atoms with Gasteiger partial charge in [0.2, 0.25) is 5.91 Å². The lowest BCUT2D eigenvalue weighted by Gasteiger charge is -2.26. The molecule has 0 radical (unpaired) electrons. The van der Waals surface area contributed by atoms with E-state index in [0.717, 1.165) is 18.4 Å². The van der Waals surface area contributed by atoms with Crippen LogP contribution in [0.4, 0.5) is 0 Å². The van der Waals surface area contributed by atoms with Crippen LogP contribution in [0.3, 0.4) is 0 Å². The fraction of sp³-hybridized carbons (Fsp3) is 0.941. The van der Waals surface area contributed by atoms with Gasteiger partial charge in [0.15, 0.2) is 0 Å². The first kappa shape index (κ1) is 15.8. The van der Waals surface area contributed by atoms with Gasteiger partial charge in [0, 0.05) is 6.04 Å². The summed E-state index contributed by atoms with van der Waals surface area (Å²) < 4.78 is 0. The number of hydrogen-bond acceptors (Lipinski definition) is 2. The highest BCUT2D eigenvalue weighted by Gasteiger charge is 2.18. The van der Waals surface area contributed by atoms with Crippen LogP contribution in [0.5, 0.6) is 0 Å². The van der Waals surface area contributed by atoms with Gasteiger partial charge in [0.1, 0.15) is 0 Å². The second kappa shape index (κ2) is 8.66. The highest BCUT2D eigenvalue weighted by molar-refractivity contribution is 5.78. The molecule has 0 aliphatic heterocycles. The van der Waals surface area contributed by atoms with Crippen LogP contribution in [0.25, 0.3) is 0 Å². The Balaban J connectivity index is 1.50. The normalized spacial score (nSPS) is 28.2. The molecule has 0 aromatic carbocycles. The minimum Gasteiger partial charge on any atom is -0.352 e. The zero-order valence-corrected chi connectivity index (χ0v) is 13.1. The molecular weight excluding hydrogens is 248 g/mol. The van der Waals surface area contributed by atoms with Crippen LogP contribution in [0.15, 0.2) is 0 Å². The van der Waals surface area contributed by atoms with Gasteiger partial charge in [-0.25, -0.2) is 0 Å². The number of hydrogen-bond donors (Lipinski definition) is 2. The van der Waals surface area contributed by atoms with Gasteiger partial charge in [-0.3, -0.25) is 4.79 Å². The molecule has 0 spiro atoms. The van der Waals surface area contributed by atoms with Crippen LogP contribution < -0.4 is 10.6 Å². The predicted molar refractivity (Wildman–Crippen MR) is 83.6 cm³/mol. The van der Waals surface area contributed by atoms with Crippen molar-refractivity contribution in [3.8, 4) is 0 Å². The smallest absolute Gasteiger partial charge is 0.234 e. The maximum atomic E-state index is 11.8. The second-order valence-electron chi connectivity index (χ2n) is 7.01. The van der Waals surface area contributed by atoms with Crippen LogP contribution in [-0.4, -0.2) is 25.0 Å². The molecule has 2 fully saturated rings. The summed E-state index contributed by atoms with van der Waals surface area (Å²) in [5.74, 6) is 1.98. The maximum Gasteiger partial charge on any atom is 0.234 e. The topological polar surface area (TPSA) is 41.1 Å². The third kappa shape index (κ3) is 5.82. The van der Waals surface area contributed by atoms with Crippen LogP contribution in [0.1, 0.15) is 71.1 Å². The molecule has 2 N–H and O–H groups in total. The van der Waals surface area contributed by atoms with Crippen molar-refractivity contribution in [3.63, 3.8) is 0 Å². The Morgan fingerprint density at radius 3 is 2.60 bits per heavy atom. The summed E-state index contributed by atoms with van der Waals surface area (Å²) in [4.78, 5) is 11.8. The third-order valence-corrected chi connectivity index (χ3v) is 5.03. The van der Waals surface area contributed by atoms with Crippen molar-refractivity contribution in [3.05, 3.63) is 0 Å². The number of rotatable bonds is 6. The lowest BCUT2D eigenvalue weighted by Crippen LogP contribution is -2.41. The molecule has 0 aromatic heterocycles. The summed E-state index contributed by atoms with van der Waals surface area (Å²) >= 11 is 0. The first-order chi connectivity index (χ1) is 9.74. The number of carbonyl (C=O) groups is 1. The van der Waals surface area contributed by atoms with E-state index in [1.807, 2.05) is 0 Å². The third-order valence-electron chi connectivity index (χ3n) is 5.03. The van der Waals surface area contributed by atoms with Crippen molar-refractivity contribution in [2.24, 2.45) is 11.8 Å². The molecule has 0 aromatic rings. The molecule has 3 nitrogen and oxygen atoms in total. The molecule has 1 amide bonds. The van der Waals surface area contributed by atoms with Crippen molar-refractivity contribution in [2.75, 3.05) is 13.1 Å². The monoisotopic (exact) mass is 280 g/mol. The van der Waals surface area contributed by atoms with E-state index in [-0.39, 0.29) is 5.91 Å². The first-order valence-corrected chi connectivity index (χ1v) is 8.74. The van der Waals surface area contributed by atoms with Crippen molar-refractivity contribution in [2.45, 2.75) is 77.2 Å². The molecule has 20 heavy (non-hydrogen) atoms. The van der Waals surface area contributed by atoms with Crippen molar-refractivity contribution >= 4 is 5.91 Å². The predicted octanol–water partition coefficient (Wildman–Crippen LogP) is 3.24. The largest absolute Gasteiger partial charge is 0.352 e. The zero-order valence-electron chi connectivity index (χ0n) is 13.1. The van der Waals surface area contributed by atoms with Gasteiger partial charge in [-0.2, -0.15) is 0 Å². The van der Waals surface area contributed by atoms with E-state index >= 15 is 0 Å². The number of nitrogens with one attached hydrogen (secondary N) is 2. The SMILES string of the molecule is CC1CCCC(CCNCC(=O)NC2CCCCC2)C1. The standard InChI is InChI=1S/C17H32N2O/c1-14-6-5-7-15(12-14)10-11-18-13-17(20)19-16-8-3-2-4-9-16/h14-16,18H,2-13H2,1H3,(H,19,20). The molecule has 2 aliphatic carbocycles. The van der Waals surface area contributed by atoms with Gasteiger partial charge < -0.3 is 10.6 Å². The molecule has 2 atom stereocenters. The Morgan fingerprint density at radius 2 is 1.85 bits per heavy atom. The van der Waals surface area contributed by atoms with Crippen LogP contribution in [0, 0.1) is 11.8 Å².